The first-order valence-electron chi connectivity index (χ1n) is 12.8. The van der Waals surface area contributed by atoms with Gasteiger partial charge in [-0.25, -0.2) is 0 Å². The molecule has 9 nitrogen and oxygen atoms in total. The van der Waals surface area contributed by atoms with Gasteiger partial charge in [0.05, 0.1) is 17.6 Å². The van der Waals surface area contributed by atoms with Crippen molar-refractivity contribution in [2.75, 3.05) is 14.1 Å². The highest BCUT2D eigenvalue weighted by Crippen LogP contribution is 2.51. The third-order valence-corrected chi connectivity index (χ3v) is 8.65. The van der Waals surface area contributed by atoms with Crippen LogP contribution in [0.3, 0.4) is 0 Å². The highest BCUT2D eigenvalue weighted by atomic mass is 16.3. The fourth-order valence-electron chi connectivity index (χ4n) is 6.79. The number of carbonyl (C=O) groups is 4. The van der Waals surface area contributed by atoms with Crippen molar-refractivity contribution in [1.29, 1.82) is 0 Å². The summed E-state index contributed by atoms with van der Waals surface area (Å²) in [6.07, 6.45) is -1.29. The third-order valence-electron chi connectivity index (χ3n) is 8.65. The molecule has 0 aliphatic heterocycles. The molecule has 3 unspecified atom stereocenters. The van der Waals surface area contributed by atoms with E-state index >= 15 is 0 Å². The highest BCUT2D eigenvalue weighted by Gasteiger charge is 2.69. The van der Waals surface area contributed by atoms with Gasteiger partial charge in [0.1, 0.15) is 11.7 Å². The lowest BCUT2D eigenvalue weighted by molar-refractivity contribution is -0.190. The van der Waals surface area contributed by atoms with Crippen molar-refractivity contribution < 1.29 is 34.5 Å². The molecule has 0 bridgehead atoms. The normalized spacial score (nSPS) is 31.6. The molecule has 2 fully saturated rings. The number of ketones is 3. The zero-order valence-electron chi connectivity index (χ0n) is 21.8. The van der Waals surface area contributed by atoms with E-state index in [9.17, 15) is 34.5 Å². The Labute approximate surface area is 225 Å². The number of nitrogens with two attached hydrogens (primary N) is 1. The molecule has 0 radical (unpaired) electrons. The van der Waals surface area contributed by atoms with Crippen LogP contribution in [0.2, 0.25) is 0 Å². The average Bonchev–Trinajstić information content (AvgIpc) is 2.86. The molecule has 3 aliphatic rings. The SMILES string of the molecule is Cc1ccccc1C#Cc1ccc(O)c2c1C[C@@H]1C[C@@H]3[C@@H](N(C)C)C(O)C(C(N)=O)C(=O)[C@]3(O)C(=O)C1C2=O. The lowest BCUT2D eigenvalue weighted by Crippen LogP contribution is -2.75. The number of nitrogens with zero attached hydrogens (tertiary/aromatic N) is 1. The summed E-state index contributed by atoms with van der Waals surface area (Å²) < 4.78 is 0. The van der Waals surface area contributed by atoms with Crippen LogP contribution in [0.4, 0.5) is 0 Å². The van der Waals surface area contributed by atoms with E-state index in [4.69, 9.17) is 5.73 Å². The number of aromatic hydroxyl groups is 1. The molecule has 39 heavy (non-hydrogen) atoms. The van der Waals surface area contributed by atoms with Crippen molar-refractivity contribution in [3.8, 4) is 17.6 Å². The van der Waals surface area contributed by atoms with Crippen LogP contribution in [0.1, 0.15) is 39.0 Å². The number of aliphatic hydroxyl groups excluding tert-OH is 1. The number of primary amides is 1. The van der Waals surface area contributed by atoms with Crippen molar-refractivity contribution in [3.05, 3.63) is 64.2 Å². The lowest BCUT2D eigenvalue weighted by Gasteiger charge is -2.54. The van der Waals surface area contributed by atoms with Crippen molar-refractivity contribution in [3.63, 3.8) is 0 Å². The second-order valence-corrected chi connectivity index (χ2v) is 11.0. The molecular weight excluding hydrogens is 500 g/mol. The Bertz CT molecular complexity index is 1490. The summed E-state index contributed by atoms with van der Waals surface area (Å²) in [4.78, 5) is 54.7. The summed E-state index contributed by atoms with van der Waals surface area (Å²) in [5.41, 5.74) is 5.49. The molecule has 2 saturated carbocycles. The number of Topliss-reactive ketones (excluding diaryl/α,β-unsaturated/α-hetero) is 3. The van der Waals surface area contributed by atoms with Crippen LogP contribution in [0.25, 0.3) is 0 Å². The van der Waals surface area contributed by atoms with E-state index in [0.29, 0.717) is 11.1 Å². The molecule has 2 aromatic rings. The Balaban J connectivity index is 1.62. The van der Waals surface area contributed by atoms with Gasteiger partial charge in [-0.2, -0.15) is 0 Å². The molecule has 5 N–H and O–H groups in total. The second kappa shape index (κ2) is 9.42. The minimum Gasteiger partial charge on any atom is -0.507 e. The summed E-state index contributed by atoms with van der Waals surface area (Å²) in [5.74, 6) is -3.06. The number of fused-ring (bicyclic) bond motifs is 3. The Kier molecular flexibility index (Phi) is 6.46. The minimum atomic E-state index is -2.68. The van der Waals surface area contributed by atoms with Crippen molar-refractivity contribution in [2.45, 2.75) is 37.5 Å². The summed E-state index contributed by atoms with van der Waals surface area (Å²) in [6.45, 7) is 1.93. The van der Waals surface area contributed by atoms with Gasteiger partial charge in [0, 0.05) is 23.1 Å². The number of phenolic OH excluding ortho intramolecular Hbond substituents is 1. The van der Waals surface area contributed by atoms with Gasteiger partial charge in [-0.3, -0.25) is 19.2 Å². The average molecular weight is 531 g/mol. The van der Waals surface area contributed by atoms with E-state index in [1.54, 1.807) is 25.1 Å². The number of carbonyl (C=O) groups excluding carboxylic acids is 4. The van der Waals surface area contributed by atoms with Gasteiger partial charge < -0.3 is 26.0 Å². The maximum absolute atomic E-state index is 13.9. The van der Waals surface area contributed by atoms with Crippen LogP contribution in [0.15, 0.2) is 36.4 Å². The first-order chi connectivity index (χ1) is 18.4. The zero-order valence-corrected chi connectivity index (χ0v) is 21.8. The van der Waals surface area contributed by atoms with Gasteiger partial charge in [0.2, 0.25) is 5.91 Å². The maximum atomic E-state index is 13.9. The number of aliphatic hydroxyl groups is 2. The maximum Gasteiger partial charge on any atom is 0.230 e. The van der Waals surface area contributed by atoms with E-state index < -0.39 is 64.7 Å². The van der Waals surface area contributed by atoms with Crippen LogP contribution in [-0.4, -0.2) is 75.3 Å². The summed E-state index contributed by atoms with van der Waals surface area (Å²) in [5, 5.41) is 33.3. The quantitative estimate of drug-likeness (QED) is 0.320. The van der Waals surface area contributed by atoms with Gasteiger partial charge in [-0.05, 0) is 69.1 Å². The van der Waals surface area contributed by atoms with Gasteiger partial charge in [-0.1, -0.05) is 30.0 Å². The number of phenols is 1. The molecule has 0 heterocycles. The van der Waals surface area contributed by atoms with E-state index in [1.165, 1.54) is 6.07 Å². The predicted octanol–water partition coefficient (Wildman–Crippen LogP) is 0.367. The standard InChI is InChI=1S/C30H30N2O7/c1-14-6-4-5-7-15(14)8-9-16-10-11-20(33)22-18(16)12-17-13-19-24(32(2)3)26(35)23(29(31)38)28(37)30(19,39)27(36)21(17)25(22)34/h4-7,10-11,17,19,21,23-24,26,33,35,39H,12-13H2,1-3H3,(H2,31,38)/t17-,19-,21?,23?,24-,26?,30-/m1/s1. The first kappa shape index (κ1) is 26.8. The van der Waals surface area contributed by atoms with Crippen LogP contribution >= 0.6 is 0 Å². The fraction of sp³-hybridized carbons (Fsp3) is 0.400. The van der Waals surface area contributed by atoms with Crippen molar-refractivity contribution >= 4 is 23.3 Å². The number of hydrogen-bond acceptors (Lipinski definition) is 8. The molecule has 1 amide bonds. The summed E-state index contributed by atoms with van der Waals surface area (Å²) in [7, 11) is 3.22. The molecule has 2 aromatic carbocycles. The van der Waals surface area contributed by atoms with Gasteiger partial charge >= 0.3 is 0 Å². The Morgan fingerprint density at radius 3 is 2.36 bits per heavy atom. The predicted molar refractivity (Wildman–Crippen MR) is 140 cm³/mol. The number of hydrogen-bond donors (Lipinski definition) is 4. The van der Waals surface area contributed by atoms with E-state index in [2.05, 4.69) is 11.8 Å². The zero-order chi connectivity index (χ0) is 28.4. The van der Waals surface area contributed by atoms with Gasteiger partial charge in [0.25, 0.3) is 0 Å². The summed E-state index contributed by atoms with van der Waals surface area (Å²) in [6, 6.07) is 9.61. The van der Waals surface area contributed by atoms with Crippen LogP contribution in [-0.2, 0) is 20.8 Å². The molecular formula is C30H30N2O7. The minimum absolute atomic E-state index is 0.0511. The van der Waals surface area contributed by atoms with Crippen molar-refractivity contribution in [2.24, 2.45) is 29.4 Å². The molecule has 7 atom stereocenters. The number of amides is 1. The monoisotopic (exact) mass is 530 g/mol. The number of benzene rings is 2. The number of likely N-dealkylation sites (N-methyl/N-ethyl adjacent to an activating group) is 1. The Hall–Kier alpha value is -3.84. The van der Waals surface area contributed by atoms with E-state index in [-0.39, 0.29) is 24.2 Å². The number of aryl methyl sites for hydroxylation is 1. The Morgan fingerprint density at radius 2 is 1.72 bits per heavy atom. The molecule has 9 heteroatoms. The third kappa shape index (κ3) is 3.90. The second-order valence-electron chi connectivity index (χ2n) is 11.0. The summed E-state index contributed by atoms with van der Waals surface area (Å²) >= 11 is 0. The highest BCUT2D eigenvalue weighted by molar-refractivity contribution is 6.25. The van der Waals surface area contributed by atoms with Gasteiger partial charge in [0.15, 0.2) is 23.0 Å². The molecule has 0 spiro atoms. The van der Waals surface area contributed by atoms with Crippen LogP contribution in [0.5, 0.6) is 5.75 Å². The largest absolute Gasteiger partial charge is 0.507 e. The lowest BCUT2D eigenvalue weighted by atomic mass is 9.52. The van der Waals surface area contributed by atoms with E-state index in [1.807, 2.05) is 31.2 Å². The first-order valence-corrected chi connectivity index (χ1v) is 12.8. The number of rotatable bonds is 2. The molecule has 0 aromatic heterocycles. The molecule has 0 saturated heterocycles. The molecule has 5 rings (SSSR count). The van der Waals surface area contributed by atoms with Crippen LogP contribution < -0.4 is 5.73 Å². The fourth-order valence-corrected chi connectivity index (χ4v) is 6.79. The van der Waals surface area contributed by atoms with E-state index in [0.717, 1.165) is 11.1 Å². The van der Waals surface area contributed by atoms with Crippen molar-refractivity contribution in [1.82, 2.24) is 4.90 Å². The Morgan fingerprint density at radius 1 is 1.05 bits per heavy atom. The molecule has 3 aliphatic carbocycles. The topological polar surface area (TPSA) is 158 Å². The smallest absolute Gasteiger partial charge is 0.230 e. The van der Waals surface area contributed by atoms with Gasteiger partial charge in [-0.15, -0.1) is 0 Å². The van der Waals surface area contributed by atoms with Crippen LogP contribution in [0, 0.1) is 42.4 Å². The molecule has 202 valence electrons.